The first-order valence-corrected chi connectivity index (χ1v) is 12.7. The quantitative estimate of drug-likeness (QED) is 0.487. The highest BCUT2D eigenvalue weighted by Gasteiger charge is 2.26. The predicted octanol–water partition coefficient (Wildman–Crippen LogP) is 4.60. The van der Waals surface area contributed by atoms with Gasteiger partial charge in [0.25, 0.3) is 0 Å². The van der Waals surface area contributed by atoms with E-state index in [0.717, 1.165) is 42.4 Å². The third-order valence-corrected chi connectivity index (χ3v) is 8.10. The van der Waals surface area contributed by atoms with Crippen LogP contribution < -0.4 is 4.90 Å². The molecule has 0 bridgehead atoms. The Morgan fingerprint density at radius 2 is 1.70 bits per heavy atom. The van der Waals surface area contributed by atoms with E-state index in [9.17, 15) is 13.2 Å². The van der Waals surface area contributed by atoms with Gasteiger partial charge in [0.15, 0.2) is 9.84 Å². The molecule has 0 aliphatic carbocycles. The Labute approximate surface area is 205 Å². The molecular formula is C24H27Cl2N3O3S. The number of amides is 1. The molecular weight excluding hydrogens is 481 g/mol. The molecule has 3 aromatic rings. The molecule has 1 saturated heterocycles. The van der Waals surface area contributed by atoms with Gasteiger partial charge in [-0.05, 0) is 60.0 Å². The van der Waals surface area contributed by atoms with Gasteiger partial charge in [-0.1, -0.05) is 23.7 Å². The number of nitrogens with zero attached hydrogens (tertiary/aromatic N) is 3. The molecule has 33 heavy (non-hydrogen) atoms. The number of benzene rings is 2. The molecule has 2 aromatic carbocycles. The third kappa shape index (κ3) is 5.96. The molecule has 1 aliphatic heterocycles. The van der Waals surface area contributed by atoms with Crippen LogP contribution in [0.2, 0.25) is 5.02 Å². The van der Waals surface area contributed by atoms with Crippen molar-refractivity contribution in [2.24, 2.45) is 0 Å². The second-order valence-corrected chi connectivity index (χ2v) is 10.7. The van der Waals surface area contributed by atoms with E-state index in [1.807, 2.05) is 12.1 Å². The number of piperidine rings is 1. The number of hydrogen-bond acceptors (Lipinski definition) is 5. The molecule has 1 aromatic heterocycles. The SMILES string of the molecule is CN(C(=O)CCS(=O)(=O)c1ccc2cc(Cl)ccc2c1)C1CCN(c2ccncc2)CC1.Cl. The van der Waals surface area contributed by atoms with Crippen LogP contribution >= 0.6 is 24.0 Å². The topological polar surface area (TPSA) is 70.6 Å². The number of sulfone groups is 1. The Morgan fingerprint density at radius 3 is 2.39 bits per heavy atom. The second kappa shape index (κ2) is 10.7. The monoisotopic (exact) mass is 507 g/mol. The maximum Gasteiger partial charge on any atom is 0.223 e. The van der Waals surface area contributed by atoms with E-state index in [1.165, 1.54) is 0 Å². The first-order valence-electron chi connectivity index (χ1n) is 10.7. The van der Waals surface area contributed by atoms with Crippen LogP contribution in [0.15, 0.2) is 65.8 Å². The van der Waals surface area contributed by atoms with E-state index in [2.05, 4.69) is 9.88 Å². The van der Waals surface area contributed by atoms with E-state index in [1.54, 1.807) is 60.7 Å². The zero-order chi connectivity index (χ0) is 22.7. The highest BCUT2D eigenvalue weighted by molar-refractivity contribution is 7.91. The zero-order valence-electron chi connectivity index (χ0n) is 18.4. The maximum atomic E-state index is 12.8. The van der Waals surface area contributed by atoms with Crippen LogP contribution in [-0.4, -0.2) is 56.1 Å². The molecule has 1 fully saturated rings. The van der Waals surface area contributed by atoms with Gasteiger partial charge in [0.2, 0.25) is 5.91 Å². The Balaban J connectivity index is 0.00000306. The summed E-state index contributed by atoms with van der Waals surface area (Å²) in [6, 6.07) is 14.4. The lowest BCUT2D eigenvalue weighted by Gasteiger charge is -2.37. The molecule has 9 heteroatoms. The average molecular weight is 508 g/mol. The first kappa shape index (κ1) is 25.3. The van der Waals surface area contributed by atoms with Gasteiger partial charge in [0.05, 0.1) is 10.6 Å². The van der Waals surface area contributed by atoms with Gasteiger partial charge < -0.3 is 9.80 Å². The fourth-order valence-corrected chi connectivity index (χ4v) is 5.62. The number of aromatic nitrogens is 1. The van der Waals surface area contributed by atoms with Crippen LogP contribution in [0.3, 0.4) is 0 Å². The minimum atomic E-state index is -3.56. The molecule has 0 radical (unpaired) electrons. The van der Waals surface area contributed by atoms with E-state index in [4.69, 9.17) is 11.6 Å². The molecule has 0 N–H and O–H groups in total. The summed E-state index contributed by atoms with van der Waals surface area (Å²) in [7, 11) is -1.78. The Kier molecular flexibility index (Phi) is 8.21. The van der Waals surface area contributed by atoms with Crippen molar-refractivity contribution in [3.05, 3.63) is 65.9 Å². The molecule has 1 amide bonds. The van der Waals surface area contributed by atoms with Crippen LogP contribution in [-0.2, 0) is 14.6 Å². The van der Waals surface area contributed by atoms with Crippen LogP contribution in [0, 0.1) is 0 Å². The van der Waals surface area contributed by atoms with Gasteiger partial charge >= 0.3 is 0 Å². The molecule has 6 nitrogen and oxygen atoms in total. The van der Waals surface area contributed by atoms with Crippen LogP contribution in [0.1, 0.15) is 19.3 Å². The summed E-state index contributed by atoms with van der Waals surface area (Å²) in [5, 5.41) is 2.29. The maximum absolute atomic E-state index is 12.8. The Morgan fingerprint density at radius 1 is 1.06 bits per heavy atom. The van der Waals surface area contributed by atoms with Crippen molar-refractivity contribution in [3.63, 3.8) is 0 Å². The summed E-state index contributed by atoms with van der Waals surface area (Å²) in [5.74, 6) is -0.339. The van der Waals surface area contributed by atoms with Crippen molar-refractivity contribution >= 4 is 56.2 Å². The van der Waals surface area contributed by atoms with Gasteiger partial charge in [-0.2, -0.15) is 0 Å². The highest BCUT2D eigenvalue weighted by atomic mass is 35.5. The van der Waals surface area contributed by atoms with Gasteiger partial charge in [-0.15, -0.1) is 12.4 Å². The second-order valence-electron chi connectivity index (χ2n) is 8.15. The van der Waals surface area contributed by atoms with Crippen molar-refractivity contribution in [3.8, 4) is 0 Å². The van der Waals surface area contributed by atoms with Gasteiger partial charge in [-0.25, -0.2) is 8.42 Å². The summed E-state index contributed by atoms with van der Waals surface area (Å²) in [5.41, 5.74) is 1.14. The van der Waals surface area contributed by atoms with Crippen molar-refractivity contribution in [2.45, 2.75) is 30.2 Å². The van der Waals surface area contributed by atoms with Gasteiger partial charge in [-0.3, -0.25) is 9.78 Å². The molecule has 0 unspecified atom stereocenters. The molecule has 176 valence electrons. The minimum Gasteiger partial charge on any atom is -0.371 e. The van der Waals surface area contributed by atoms with E-state index in [0.29, 0.717) is 5.02 Å². The fourth-order valence-electron chi connectivity index (χ4n) is 4.17. The lowest BCUT2D eigenvalue weighted by molar-refractivity contribution is -0.131. The fraction of sp³-hybridized carbons (Fsp3) is 0.333. The number of carbonyl (C=O) groups is 1. The van der Waals surface area contributed by atoms with Crippen LogP contribution in [0.25, 0.3) is 10.8 Å². The van der Waals surface area contributed by atoms with Crippen LogP contribution in [0.5, 0.6) is 0 Å². The number of carbonyl (C=O) groups excluding carboxylic acids is 1. The summed E-state index contributed by atoms with van der Waals surface area (Å²) in [4.78, 5) is 21.0. The smallest absolute Gasteiger partial charge is 0.223 e. The number of halogens is 2. The lowest BCUT2D eigenvalue weighted by Crippen LogP contribution is -2.46. The Hall–Kier alpha value is -2.35. The van der Waals surface area contributed by atoms with E-state index in [-0.39, 0.29) is 41.4 Å². The van der Waals surface area contributed by atoms with Crippen molar-refractivity contribution < 1.29 is 13.2 Å². The number of rotatable bonds is 6. The van der Waals surface area contributed by atoms with E-state index < -0.39 is 9.84 Å². The van der Waals surface area contributed by atoms with Gasteiger partial charge in [0, 0.05) is 55.7 Å². The number of pyridine rings is 1. The zero-order valence-corrected chi connectivity index (χ0v) is 20.7. The number of anilines is 1. The molecule has 0 atom stereocenters. The third-order valence-electron chi connectivity index (χ3n) is 6.15. The van der Waals surface area contributed by atoms with E-state index >= 15 is 0 Å². The molecule has 1 aliphatic rings. The lowest BCUT2D eigenvalue weighted by atomic mass is 10.0. The summed E-state index contributed by atoms with van der Waals surface area (Å²) < 4.78 is 25.7. The molecule has 2 heterocycles. The normalized spacial score (nSPS) is 14.7. The van der Waals surface area contributed by atoms with Crippen molar-refractivity contribution in [1.82, 2.24) is 9.88 Å². The summed E-state index contributed by atoms with van der Waals surface area (Å²) >= 11 is 6.00. The number of hydrogen-bond donors (Lipinski definition) is 0. The largest absolute Gasteiger partial charge is 0.371 e. The highest BCUT2D eigenvalue weighted by Crippen LogP contribution is 2.25. The average Bonchev–Trinajstić information content (AvgIpc) is 2.82. The first-order chi connectivity index (χ1) is 15.3. The predicted molar refractivity (Wildman–Crippen MR) is 135 cm³/mol. The summed E-state index contributed by atoms with van der Waals surface area (Å²) in [6.07, 6.45) is 5.24. The summed E-state index contributed by atoms with van der Waals surface area (Å²) in [6.45, 7) is 1.71. The minimum absolute atomic E-state index is 0. The van der Waals surface area contributed by atoms with Crippen LogP contribution in [0.4, 0.5) is 5.69 Å². The van der Waals surface area contributed by atoms with Crippen molar-refractivity contribution in [2.75, 3.05) is 30.8 Å². The Bertz CT molecular complexity index is 1210. The molecule has 4 rings (SSSR count). The number of fused-ring (bicyclic) bond motifs is 1. The van der Waals surface area contributed by atoms with Crippen molar-refractivity contribution in [1.29, 1.82) is 0 Å². The molecule has 0 saturated carbocycles. The molecule has 0 spiro atoms. The van der Waals surface area contributed by atoms with Gasteiger partial charge in [0.1, 0.15) is 0 Å². The standard InChI is InChI=1S/C24H26ClN3O3S.ClH/c1-27(21-8-13-28(14-9-21)22-6-11-26-12-7-22)24(29)10-15-32(30,31)23-5-3-18-16-20(25)4-2-19(18)17-23;/h2-7,11-12,16-17,21H,8-10,13-15H2,1H3;1H.